The maximum Gasteiger partial charge on any atom is 0.322 e. The number of nitrogens with one attached hydrogen (secondary N) is 1. The Morgan fingerprint density at radius 1 is 1.33 bits per heavy atom. The smallest absolute Gasteiger partial charge is 0.322 e. The Kier molecular flexibility index (Phi) is 4.58. The van der Waals surface area contributed by atoms with E-state index in [9.17, 15) is 0 Å². The van der Waals surface area contributed by atoms with Crippen LogP contribution in [0.1, 0.15) is 39.5 Å². The zero-order chi connectivity index (χ0) is 13.0. The van der Waals surface area contributed by atoms with Crippen LogP contribution < -0.4 is 10.1 Å². The number of nitrogens with zero attached hydrogens (tertiary/aromatic N) is 3. The molecule has 0 bridgehead atoms. The van der Waals surface area contributed by atoms with Crippen LogP contribution in [0, 0.1) is 5.92 Å². The van der Waals surface area contributed by atoms with E-state index in [4.69, 9.17) is 16.3 Å². The summed E-state index contributed by atoms with van der Waals surface area (Å²) >= 11 is 5.87. The van der Waals surface area contributed by atoms with Gasteiger partial charge in [-0.2, -0.15) is 15.0 Å². The Hall–Kier alpha value is -1.10. The molecule has 1 N–H and O–H groups in total. The third kappa shape index (κ3) is 3.45. The van der Waals surface area contributed by atoms with E-state index in [2.05, 4.69) is 27.2 Å². The molecule has 0 saturated heterocycles. The molecule has 2 atom stereocenters. The van der Waals surface area contributed by atoms with Crippen molar-refractivity contribution in [3.8, 4) is 6.01 Å². The van der Waals surface area contributed by atoms with Gasteiger partial charge in [0.25, 0.3) is 0 Å². The highest BCUT2D eigenvalue weighted by Gasteiger charge is 2.24. The molecule has 0 spiro atoms. The molecule has 0 aromatic carbocycles. The van der Waals surface area contributed by atoms with Gasteiger partial charge in [0.2, 0.25) is 11.2 Å². The summed E-state index contributed by atoms with van der Waals surface area (Å²) in [5.41, 5.74) is 0. The molecule has 1 fully saturated rings. The van der Waals surface area contributed by atoms with Crippen LogP contribution in [-0.2, 0) is 0 Å². The lowest BCUT2D eigenvalue weighted by atomic mass is 10.1. The molecule has 2 unspecified atom stereocenters. The second-order valence-electron chi connectivity index (χ2n) is 4.72. The van der Waals surface area contributed by atoms with E-state index >= 15 is 0 Å². The molecule has 1 heterocycles. The molecule has 1 aliphatic rings. The zero-order valence-corrected chi connectivity index (χ0v) is 11.6. The van der Waals surface area contributed by atoms with E-state index in [0.717, 1.165) is 12.8 Å². The number of anilines is 1. The fourth-order valence-electron chi connectivity index (χ4n) is 2.18. The maximum atomic E-state index is 5.87. The maximum absolute atomic E-state index is 5.87. The first-order chi connectivity index (χ1) is 8.69. The summed E-state index contributed by atoms with van der Waals surface area (Å²) in [6.45, 7) is 4.85. The predicted octanol–water partition coefficient (Wildman–Crippen LogP) is 2.91. The van der Waals surface area contributed by atoms with Crippen molar-refractivity contribution in [2.24, 2.45) is 5.92 Å². The van der Waals surface area contributed by atoms with E-state index in [1.807, 2.05) is 6.92 Å². The highest BCUT2D eigenvalue weighted by Crippen LogP contribution is 2.27. The van der Waals surface area contributed by atoms with Crippen LogP contribution in [0.2, 0.25) is 5.28 Å². The quantitative estimate of drug-likeness (QED) is 0.891. The van der Waals surface area contributed by atoms with Crippen molar-refractivity contribution in [2.75, 3.05) is 11.9 Å². The minimum absolute atomic E-state index is 0.171. The lowest BCUT2D eigenvalue weighted by Crippen LogP contribution is -2.23. The summed E-state index contributed by atoms with van der Waals surface area (Å²) in [6, 6.07) is 0.715. The number of aromatic nitrogens is 3. The average Bonchev–Trinajstić information content (AvgIpc) is 2.72. The Bertz CT molecular complexity index is 402. The topological polar surface area (TPSA) is 59.9 Å². The average molecular weight is 271 g/mol. The highest BCUT2D eigenvalue weighted by molar-refractivity contribution is 6.28. The predicted molar refractivity (Wildman–Crippen MR) is 71.0 cm³/mol. The number of hydrogen-bond donors (Lipinski definition) is 1. The van der Waals surface area contributed by atoms with Gasteiger partial charge in [-0.05, 0) is 36.8 Å². The minimum Gasteiger partial charge on any atom is -0.463 e. The van der Waals surface area contributed by atoms with Gasteiger partial charge < -0.3 is 10.1 Å². The van der Waals surface area contributed by atoms with Gasteiger partial charge in [-0.3, -0.25) is 0 Å². The van der Waals surface area contributed by atoms with Crippen LogP contribution in [-0.4, -0.2) is 27.6 Å². The first-order valence-electron chi connectivity index (χ1n) is 6.50. The summed E-state index contributed by atoms with van der Waals surface area (Å²) in [6.07, 6.45) is 4.55. The van der Waals surface area contributed by atoms with E-state index in [1.165, 1.54) is 12.8 Å². The zero-order valence-electron chi connectivity index (χ0n) is 10.8. The Morgan fingerprint density at radius 3 is 2.83 bits per heavy atom. The standard InChI is InChI=1S/C12H19ClN4O/c1-3-7-18-12-16-10(13)15-11(17-12)14-9-6-4-5-8(9)2/h8-9H,3-7H2,1-2H3,(H,14,15,16,17). The molecule has 0 aliphatic heterocycles. The molecular formula is C12H19ClN4O. The Morgan fingerprint density at radius 2 is 2.17 bits per heavy atom. The van der Waals surface area contributed by atoms with Gasteiger partial charge in [-0.25, -0.2) is 0 Å². The number of halogens is 1. The Balaban J connectivity index is 2.05. The van der Waals surface area contributed by atoms with Gasteiger partial charge in [-0.15, -0.1) is 0 Å². The van der Waals surface area contributed by atoms with E-state index < -0.39 is 0 Å². The summed E-state index contributed by atoms with van der Waals surface area (Å²) in [5.74, 6) is 1.15. The third-order valence-corrected chi connectivity index (χ3v) is 3.37. The summed E-state index contributed by atoms with van der Waals surface area (Å²) in [7, 11) is 0. The van der Waals surface area contributed by atoms with Gasteiger partial charge in [0, 0.05) is 6.04 Å². The SMILES string of the molecule is CCCOc1nc(Cl)nc(NC2CCCC2C)n1. The van der Waals surface area contributed by atoms with E-state index in [-0.39, 0.29) is 5.28 Å². The molecule has 2 rings (SSSR count). The third-order valence-electron chi connectivity index (χ3n) is 3.20. The van der Waals surface area contributed by atoms with Crippen LogP contribution in [0.4, 0.5) is 5.95 Å². The first kappa shape index (κ1) is 13.3. The van der Waals surface area contributed by atoms with Crippen molar-refractivity contribution in [3.63, 3.8) is 0 Å². The lowest BCUT2D eigenvalue weighted by molar-refractivity contribution is 0.291. The summed E-state index contributed by atoms with van der Waals surface area (Å²) in [5, 5.41) is 3.49. The van der Waals surface area contributed by atoms with Crippen LogP contribution in [0.3, 0.4) is 0 Å². The number of rotatable bonds is 5. The van der Waals surface area contributed by atoms with Crippen LogP contribution >= 0.6 is 11.6 Å². The monoisotopic (exact) mass is 270 g/mol. The highest BCUT2D eigenvalue weighted by atomic mass is 35.5. The van der Waals surface area contributed by atoms with Crippen molar-refractivity contribution in [3.05, 3.63) is 5.28 Å². The van der Waals surface area contributed by atoms with Crippen LogP contribution in [0.25, 0.3) is 0 Å². The van der Waals surface area contributed by atoms with Crippen LogP contribution in [0.15, 0.2) is 0 Å². The molecule has 100 valence electrons. The largest absolute Gasteiger partial charge is 0.463 e. The molecule has 18 heavy (non-hydrogen) atoms. The number of ether oxygens (including phenoxy) is 1. The van der Waals surface area contributed by atoms with Gasteiger partial charge in [-0.1, -0.05) is 20.3 Å². The molecule has 1 aromatic heterocycles. The first-order valence-corrected chi connectivity index (χ1v) is 6.87. The summed E-state index contributed by atoms with van der Waals surface area (Å²) < 4.78 is 5.38. The van der Waals surface area contributed by atoms with Crippen molar-refractivity contribution in [2.45, 2.75) is 45.6 Å². The Labute approximate surface area is 112 Å². The van der Waals surface area contributed by atoms with E-state index in [1.54, 1.807) is 0 Å². The second-order valence-corrected chi connectivity index (χ2v) is 5.06. The lowest BCUT2D eigenvalue weighted by Gasteiger charge is -2.17. The molecule has 0 radical (unpaired) electrons. The molecule has 6 heteroatoms. The second kappa shape index (κ2) is 6.18. The van der Waals surface area contributed by atoms with Crippen molar-refractivity contribution in [1.82, 2.24) is 15.0 Å². The van der Waals surface area contributed by atoms with E-state index in [0.29, 0.717) is 30.5 Å². The van der Waals surface area contributed by atoms with Crippen molar-refractivity contribution in [1.29, 1.82) is 0 Å². The molecule has 1 aliphatic carbocycles. The normalized spacial score (nSPS) is 23.1. The van der Waals surface area contributed by atoms with Gasteiger partial charge in [0.1, 0.15) is 0 Å². The molecule has 1 saturated carbocycles. The molecule has 5 nitrogen and oxygen atoms in total. The number of hydrogen-bond acceptors (Lipinski definition) is 5. The fourth-order valence-corrected chi connectivity index (χ4v) is 2.33. The van der Waals surface area contributed by atoms with Gasteiger partial charge >= 0.3 is 6.01 Å². The molecular weight excluding hydrogens is 252 g/mol. The molecule has 0 amide bonds. The van der Waals surface area contributed by atoms with Gasteiger partial charge in [0.05, 0.1) is 6.61 Å². The van der Waals surface area contributed by atoms with Gasteiger partial charge in [0.15, 0.2) is 0 Å². The van der Waals surface area contributed by atoms with Crippen LogP contribution in [0.5, 0.6) is 6.01 Å². The fraction of sp³-hybridized carbons (Fsp3) is 0.750. The minimum atomic E-state index is 0.171. The molecule has 1 aromatic rings. The van der Waals surface area contributed by atoms with Crippen molar-refractivity contribution >= 4 is 17.5 Å². The van der Waals surface area contributed by atoms with Crippen molar-refractivity contribution < 1.29 is 4.74 Å². The summed E-state index contributed by atoms with van der Waals surface area (Å²) in [4.78, 5) is 12.3.